The third-order valence-electron chi connectivity index (χ3n) is 5.82. The monoisotopic (exact) mass is 397 g/mol. The first kappa shape index (κ1) is 20.1. The van der Waals surface area contributed by atoms with Gasteiger partial charge in [0.1, 0.15) is 6.17 Å². The molecule has 0 radical (unpaired) electrons. The second-order valence-electron chi connectivity index (χ2n) is 8.32. The molecule has 0 bridgehead atoms. The van der Waals surface area contributed by atoms with E-state index in [2.05, 4.69) is 128 Å². The molecule has 30 heavy (non-hydrogen) atoms. The average Bonchev–Trinajstić information content (AvgIpc) is 3.17. The number of hydrogen-bond acceptors (Lipinski definition) is 3. The molecule has 1 aliphatic heterocycles. The van der Waals surface area contributed by atoms with Crippen molar-refractivity contribution in [3.8, 4) is 0 Å². The molecule has 0 aromatic heterocycles. The van der Waals surface area contributed by atoms with Crippen LogP contribution in [0.4, 0.5) is 17.1 Å². The highest BCUT2D eigenvalue weighted by Crippen LogP contribution is 2.30. The summed E-state index contributed by atoms with van der Waals surface area (Å²) in [6, 6.07) is 26.5. The van der Waals surface area contributed by atoms with Crippen LogP contribution in [0, 0.1) is 13.8 Å². The Morgan fingerprint density at radius 1 is 0.700 bits per heavy atom. The van der Waals surface area contributed by atoms with E-state index in [0.717, 1.165) is 13.1 Å². The molecule has 0 N–H and O–H groups in total. The van der Waals surface area contributed by atoms with E-state index in [4.69, 9.17) is 0 Å². The Kier molecular flexibility index (Phi) is 5.80. The maximum absolute atomic E-state index is 2.49. The van der Waals surface area contributed by atoms with Gasteiger partial charge in [0.25, 0.3) is 0 Å². The van der Waals surface area contributed by atoms with Crippen molar-refractivity contribution in [3.05, 3.63) is 95.6 Å². The maximum Gasteiger partial charge on any atom is 0.121 e. The molecule has 0 spiro atoms. The molecule has 3 aromatic rings. The van der Waals surface area contributed by atoms with E-state index in [1.165, 1.54) is 33.8 Å². The molecule has 0 saturated carbocycles. The zero-order valence-electron chi connectivity index (χ0n) is 18.4. The molecular formula is C27H31N3. The lowest BCUT2D eigenvalue weighted by atomic mass is 10.1. The van der Waals surface area contributed by atoms with Crippen molar-refractivity contribution in [2.24, 2.45) is 0 Å². The normalized spacial score (nSPS) is 14.7. The zero-order chi connectivity index (χ0) is 21.1. The predicted molar refractivity (Wildman–Crippen MR) is 131 cm³/mol. The molecule has 1 fully saturated rings. The van der Waals surface area contributed by atoms with Crippen LogP contribution in [-0.4, -0.2) is 33.4 Å². The van der Waals surface area contributed by atoms with Crippen LogP contribution in [-0.2, 0) is 0 Å². The lowest BCUT2D eigenvalue weighted by Gasteiger charge is -2.31. The van der Waals surface area contributed by atoms with Crippen molar-refractivity contribution in [1.82, 2.24) is 0 Å². The predicted octanol–water partition coefficient (Wildman–Crippen LogP) is 5.74. The quantitative estimate of drug-likeness (QED) is 0.544. The molecule has 1 saturated heterocycles. The molecule has 154 valence electrons. The van der Waals surface area contributed by atoms with Gasteiger partial charge < -0.3 is 14.7 Å². The molecular weight excluding hydrogens is 366 g/mol. The molecule has 4 rings (SSSR count). The van der Waals surface area contributed by atoms with Crippen LogP contribution < -0.4 is 14.7 Å². The summed E-state index contributed by atoms with van der Waals surface area (Å²) in [5.74, 6) is 0. The highest BCUT2D eigenvalue weighted by molar-refractivity contribution is 5.63. The van der Waals surface area contributed by atoms with E-state index in [9.17, 15) is 0 Å². The third kappa shape index (κ3) is 4.35. The third-order valence-corrected chi connectivity index (χ3v) is 5.82. The van der Waals surface area contributed by atoms with Crippen molar-refractivity contribution in [2.75, 3.05) is 41.9 Å². The fraction of sp³-hybridized carbons (Fsp3) is 0.259. The lowest BCUT2D eigenvalue weighted by molar-refractivity contribution is 0.803. The van der Waals surface area contributed by atoms with E-state index in [1.54, 1.807) is 0 Å². The minimum absolute atomic E-state index is 0.184. The molecule has 0 unspecified atom stereocenters. The largest absolute Gasteiger partial charge is 0.378 e. The summed E-state index contributed by atoms with van der Waals surface area (Å²) in [4.78, 5) is 7.11. The number of anilines is 3. The van der Waals surface area contributed by atoms with E-state index in [0.29, 0.717) is 0 Å². The van der Waals surface area contributed by atoms with E-state index in [1.807, 2.05) is 0 Å². The number of rotatable bonds is 5. The molecule has 3 heteroatoms. The van der Waals surface area contributed by atoms with Gasteiger partial charge in [-0.1, -0.05) is 53.6 Å². The molecule has 0 amide bonds. The van der Waals surface area contributed by atoms with Gasteiger partial charge in [-0.25, -0.2) is 0 Å². The van der Waals surface area contributed by atoms with Crippen LogP contribution in [0.15, 0.2) is 78.9 Å². The zero-order valence-corrected chi connectivity index (χ0v) is 18.4. The lowest BCUT2D eigenvalue weighted by Crippen LogP contribution is -2.37. The van der Waals surface area contributed by atoms with E-state index < -0.39 is 0 Å². The second-order valence-corrected chi connectivity index (χ2v) is 8.32. The van der Waals surface area contributed by atoms with Crippen molar-refractivity contribution in [3.63, 3.8) is 0 Å². The standard InChI is InChI=1S/C27H31N3/c1-21-5-12-25(13-6-21)29-19-20-30(26-14-7-22(2)8-15-26)27(29)18-11-23-9-16-24(17-10-23)28(3)4/h5-18,27H,19-20H2,1-4H3. The van der Waals surface area contributed by atoms with Crippen LogP contribution in [0.3, 0.4) is 0 Å². The van der Waals surface area contributed by atoms with Gasteiger partial charge in [-0.15, -0.1) is 0 Å². The molecule has 3 aromatic carbocycles. The van der Waals surface area contributed by atoms with E-state index >= 15 is 0 Å². The first-order chi connectivity index (χ1) is 14.5. The Labute approximate surface area is 180 Å². The maximum atomic E-state index is 2.49. The Hall–Kier alpha value is -3.20. The first-order valence-corrected chi connectivity index (χ1v) is 10.6. The Morgan fingerprint density at radius 3 is 1.60 bits per heavy atom. The van der Waals surface area contributed by atoms with Crippen molar-refractivity contribution >= 4 is 23.1 Å². The SMILES string of the molecule is Cc1ccc(N2CCN(c3ccc(C)cc3)C2C=Cc2ccc(N(C)C)cc2)cc1. The van der Waals surface area contributed by atoms with Gasteiger partial charge in [0.15, 0.2) is 0 Å². The van der Waals surface area contributed by atoms with Crippen LogP contribution >= 0.6 is 0 Å². The van der Waals surface area contributed by atoms with E-state index in [-0.39, 0.29) is 6.17 Å². The molecule has 3 nitrogen and oxygen atoms in total. The van der Waals surface area contributed by atoms with Crippen LogP contribution in [0.25, 0.3) is 6.08 Å². The Bertz CT molecular complexity index is 932. The van der Waals surface area contributed by atoms with Crippen molar-refractivity contribution in [1.29, 1.82) is 0 Å². The number of benzene rings is 3. The highest BCUT2D eigenvalue weighted by atomic mass is 15.4. The number of aryl methyl sites for hydroxylation is 2. The summed E-state index contributed by atoms with van der Waals surface area (Å²) in [5.41, 5.74) is 7.57. The summed E-state index contributed by atoms with van der Waals surface area (Å²) in [6.07, 6.45) is 4.76. The number of hydrogen-bond donors (Lipinski definition) is 0. The van der Waals surface area contributed by atoms with Crippen LogP contribution in [0.1, 0.15) is 16.7 Å². The van der Waals surface area contributed by atoms with Gasteiger partial charge in [0.2, 0.25) is 0 Å². The van der Waals surface area contributed by atoms with Gasteiger partial charge in [-0.2, -0.15) is 0 Å². The molecule has 1 aliphatic rings. The summed E-state index contributed by atoms with van der Waals surface area (Å²) < 4.78 is 0. The minimum atomic E-state index is 0.184. The molecule has 0 aliphatic carbocycles. The summed E-state index contributed by atoms with van der Waals surface area (Å²) >= 11 is 0. The van der Waals surface area contributed by atoms with Crippen LogP contribution in [0.2, 0.25) is 0 Å². The van der Waals surface area contributed by atoms with Gasteiger partial charge in [0, 0.05) is 44.2 Å². The summed E-state index contributed by atoms with van der Waals surface area (Å²) in [6.45, 7) is 6.29. The van der Waals surface area contributed by atoms with Crippen LogP contribution in [0.5, 0.6) is 0 Å². The van der Waals surface area contributed by atoms with Gasteiger partial charge >= 0.3 is 0 Å². The van der Waals surface area contributed by atoms with Gasteiger partial charge in [0.05, 0.1) is 0 Å². The average molecular weight is 398 g/mol. The van der Waals surface area contributed by atoms with Crippen molar-refractivity contribution < 1.29 is 0 Å². The topological polar surface area (TPSA) is 9.72 Å². The molecule has 0 atom stereocenters. The fourth-order valence-corrected chi connectivity index (χ4v) is 3.97. The fourth-order valence-electron chi connectivity index (χ4n) is 3.97. The summed E-state index contributed by atoms with van der Waals surface area (Å²) in [5, 5.41) is 0. The Balaban J connectivity index is 1.64. The second kappa shape index (κ2) is 8.66. The smallest absolute Gasteiger partial charge is 0.121 e. The van der Waals surface area contributed by atoms with Crippen molar-refractivity contribution in [2.45, 2.75) is 20.0 Å². The highest BCUT2D eigenvalue weighted by Gasteiger charge is 2.30. The summed E-state index contributed by atoms with van der Waals surface area (Å²) in [7, 11) is 4.14. The first-order valence-electron chi connectivity index (χ1n) is 10.6. The molecule has 1 heterocycles. The Morgan fingerprint density at radius 2 is 1.17 bits per heavy atom. The minimum Gasteiger partial charge on any atom is -0.378 e. The number of nitrogens with zero attached hydrogens (tertiary/aromatic N) is 3. The van der Waals surface area contributed by atoms with Gasteiger partial charge in [-0.3, -0.25) is 0 Å². The van der Waals surface area contributed by atoms with Gasteiger partial charge in [-0.05, 0) is 61.9 Å².